The van der Waals surface area contributed by atoms with Crippen molar-refractivity contribution in [1.82, 2.24) is 10.3 Å². The molecule has 0 saturated heterocycles. The number of nitrogens with one attached hydrogen (secondary N) is 2. The van der Waals surface area contributed by atoms with Crippen LogP contribution < -0.4 is 15.4 Å². The third-order valence-electron chi connectivity index (χ3n) is 5.02. The molecule has 0 fully saturated rings. The average molecular weight is 431 g/mol. The number of urea groups is 1. The van der Waals surface area contributed by atoms with Gasteiger partial charge in [-0.3, -0.25) is 4.98 Å². The SMILES string of the molecule is O=C(Nc1cccc(F)c1)NC1(c2ccc(C(F)(F)F)cc2)CCOc2cccnc21. The number of hydrogen-bond acceptors (Lipinski definition) is 3. The number of ether oxygens (including phenoxy) is 1. The van der Waals surface area contributed by atoms with Crippen molar-refractivity contribution in [2.45, 2.75) is 18.1 Å². The van der Waals surface area contributed by atoms with E-state index in [1.807, 2.05) is 0 Å². The second-order valence-corrected chi connectivity index (χ2v) is 7.02. The standard InChI is InChI=1S/C22H17F4N3O2/c23-16-3-1-4-17(13-16)28-20(30)29-21(10-12-31-18-5-2-11-27-19(18)21)14-6-8-15(9-7-14)22(24,25)26/h1-9,11,13H,10,12H2,(H2,28,29,30). The number of carbonyl (C=O) groups is 1. The minimum atomic E-state index is -4.49. The summed E-state index contributed by atoms with van der Waals surface area (Å²) in [5.41, 5.74) is -1.03. The third-order valence-corrected chi connectivity index (χ3v) is 5.02. The number of carbonyl (C=O) groups excluding carboxylic acids is 1. The number of alkyl halides is 3. The van der Waals surface area contributed by atoms with E-state index in [2.05, 4.69) is 15.6 Å². The maximum atomic E-state index is 13.5. The van der Waals surface area contributed by atoms with Gasteiger partial charge in [0.05, 0.1) is 12.2 Å². The van der Waals surface area contributed by atoms with Gasteiger partial charge in [0.2, 0.25) is 0 Å². The number of amides is 2. The average Bonchev–Trinajstić information content (AvgIpc) is 2.73. The summed E-state index contributed by atoms with van der Waals surface area (Å²) in [7, 11) is 0. The Morgan fingerprint density at radius 3 is 2.55 bits per heavy atom. The van der Waals surface area contributed by atoms with Crippen LogP contribution in [-0.4, -0.2) is 17.6 Å². The smallest absolute Gasteiger partial charge is 0.416 e. The van der Waals surface area contributed by atoms with Crippen molar-refractivity contribution in [2.75, 3.05) is 11.9 Å². The van der Waals surface area contributed by atoms with Gasteiger partial charge in [0, 0.05) is 18.3 Å². The quantitative estimate of drug-likeness (QED) is 0.568. The van der Waals surface area contributed by atoms with Crippen LogP contribution in [0.15, 0.2) is 66.9 Å². The van der Waals surface area contributed by atoms with E-state index < -0.39 is 29.1 Å². The van der Waals surface area contributed by atoms with Crippen LogP contribution in [0.3, 0.4) is 0 Å². The summed E-state index contributed by atoms with van der Waals surface area (Å²) in [6.45, 7) is 0.208. The second-order valence-electron chi connectivity index (χ2n) is 7.02. The van der Waals surface area contributed by atoms with Gasteiger partial charge >= 0.3 is 12.2 Å². The summed E-state index contributed by atoms with van der Waals surface area (Å²) in [6.07, 6.45) is -2.74. The first-order valence-corrected chi connectivity index (χ1v) is 9.39. The van der Waals surface area contributed by atoms with Gasteiger partial charge in [0.15, 0.2) is 0 Å². The van der Waals surface area contributed by atoms with Crippen molar-refractivity contribution < 1.29 is 27.1 Å². The summed E-state index contributed by atoms with van der Waals surface area (Å²) in [6, 6.07) is 12.6. The van der Waals surface area contributed by atoms with Crippen molar-refractivity contribution in [3.8, 4) is 5.75 Å². The first-order chi connectivity index (χ1) is 14.8. The molecule has 0 spiro atoms. The van der Waals surface area contributed by atoms with Gasteiger partial charge in [-0.1, -0.05) is 18.2 Å². The molecule has 3 aromatic rings. The second kappa shape index (κ2) is 7.90. The van der Waals surface area contributed by atoms with Crippen LogP contribution in [0.4, 0.5) is 28.0 Å². The molecule has 1 aromatic heterocycles. The molecule has 160 valence electrons. The van der Waals surface area contributed by atoms with E-state index in [4.69, 9.17) is 4.74 Å². The summed E-state index contributed by atoms with van der Waals surface area (Å²) in [5.74, 6) is -0.104. The Kier molecular flexibility index (Phi) is 5.26. The molecule has 2 aromatic carbocycles. The number of aromatic nitrogens is 1. The highest BCUT2D eigenvalue weighted by Crippen LogP contribution is 2.41. The van der Waals surface area contributed by atoms with Crippen LogP contribution in [0.1, 0.15) is 23.2 Å². The topological polar surface area (TPSA) is 63.2 Å². The van der Waals surface area contributed by atoms with E-state index in [-0.39, 0.29) is 18.7 Å². The predicted octanol–water partition coefficient (Wildman–Crippen LogP) is 5.09. The molecule has 2 amide bonds. The third kappa shape index (κ3) is 4.16. The van der Waals surface area contributed by atoms with Gasteiger partial charge in [-0.15, -0.1) is 0 Å². The fourth-order valence-electron chi connectivity index (χ4n) is 3.60. The van der Waals surface area contributed by atoms with Gasteiger partial charge in [-0.25, -0.2) is 9.18 Å². The van der Waals surface area contributed by atoms with E-state index in [9.17, 15) is 22.4 Å². The lowest BCUT2D eigenvalue weighted by atomic mass is 9.81. The number of benzene rings is 2. The highest BCUT2D eigenvalue weighted by atomic mass is 19.4. The first-order valence-electron chi connectivity index (χ1n) is 9.39. The van der Waals surface area contributed by atoms with Gasteiger partial charge in [0.1, 0.15) is 22.8 Å². The molecule has 0 radical (unpaired) electrons. The van der Waals surface area contributed by atoms with Crippen LogP contribution in [0.25, 0.3) is 0 Å². The summed E-state index contributed by atoms with van der Waals surface area (Å²) in [5, 5.41) is 5.39. The highest BCUT2D eigenvalue weighted by molar-refractivity contribution is 5.90. The van der Waals surface area contributed by atoms with Crippen LogP contribution in [0.2, 0.25) is 0 Å². The Hall–Kier alpha value is -3.62. The number of nitrogens with zero attached hydrogens (tertiary/aromatic N) is 1. The van der Waals surface area contributed by atoms with E-state index in [1.165, 1.54) is 36.5 Å². The lowest BCUT2D eigenvalue weighted by Gasteiger charge is -2.39. The molecule has 0 bridgehead atoms. The van der Waals surface area contributed by atoms with Crippen molar-refractivity contribution in [3.05, 3.63) is 89.5 Å². The van der Waals surface area contributed by atoms with Crippen LogP contribution in [0, 0.1) is 5.82 Å². The zero-order chi connectivity index (χ0) is 22.1. The monoisotopic (exact) mass is 431 g/mol. The number of anilines is 1. The fraction of sp³-hybridized carbons (Fsp3) is 0.182. The van der Waals surface area contributed by atoms with E-state index in [0.717, 1.165) is 18.2 Å². The van der Waals surface area contributed by atoms with Gasteiger partial charge in [-0.2, -0.15) is 13.2 Å². The van der Waals surface area contributed by atoms with Crippen LogP contribution >= 0.6 is 0 Å². The Bertz CT molecular complexity index is 1100. The Morgan fingerprint density at radius 2 is 1.84 bits per heavy atom. The zero-order valence-corrected chi connectivity index (χ0v) is 16.0. The Morgan fingerprint density at radius 1 is 1.06 bits per heavy atom. The molecule has 2 N–H and O–H groups in total. The van der Waals surface area contributed by atoms with Crippen LogP contribution in [-0.2, 0) is 11.7 Å². The summed E-state index contributed by atoms with van der Waals surface area (Å²) < 4.78 is 58.2. The lowest BCUT2D eigenvalue weighted by molar-refractivity contribution is -0.137. The minimum Gasteiger partial charge on any atom is -0.491 e. The van der Waals surface area contributed by atoms with Gasteiger partial charge < -0.3 is 15.4 Å². The van der Waals surface area contributed by atoms with Crippen molar-refractivity contribution in [3.63, 3.8) is 0 Å². The molecule has 1 atom stereocenters. The summed E-state index contributed by atoms with van der Waals surface area (Å²) >= 11 is 0. The van der Waals surface area contributed by atoms with E-state index in [1.54, 1.807) is 12.1 Å². The fourth-order valence-corrected chi connectivity index (χ4v) is 3.60. The molecule has 2 heterocycles. The number of rotatable bonds is 3. The summed E-state index contributed by atoms with van der Waals surface area (Å²) in [4.78, 5) is 17.2. The van der Waals surface area contributed by atoms with E-state index >= 15 is 0 Å². The molecule has 4 rings (SSSR count). The van der Waals surface area contributed by atoms with Crippen molar-refractivity contribution in [1.29, 1.82) is 0 Å². The molecular weight excluding hydrogens is 414 g/mol. The molecule has 0 aliphatic carbocycles. The first kappa shape index (κ1) is 20.6. The number of fused-ring (bicyclic) bond motifs is 1. The zero-order valence-electron chi connectivity index (χ0n) is 16.0. The van der Waals surface area contributed by atoms with E-state index in [0.29, 0.717) is 17.0 Å². The maximum Gasteiger partial charge on any atom is 0.416 e. The molecule has 9 heteroatoms. The molecular formula is C22H17F4N3O2. The van der Waals surface area contributed by atoms with Gasteiger partial charge in [0.25, 0.3) is 0 Å². The normalized spacial score (nSPS) is 17.9. The molecule has 1 unspecified atom stereocenters. The molecule has 1 aliphatic rings. The maximum absolute atomic E-state index is 13.5. The van der Waals surface area contributed by atoms with Crippen molar-refractivity contribution in [2.24, 2.45) is 0 Å². The molecule has 1 aliphatic heterocycles. The van der Waals surface area contributed by atoms with Crippen molar-refractivity contribution >= 4 is 11.7 Å². The predicted molar refractivity (Wildman–Crippen MR) is 105 cm³/mol. The number of halogens is 4. The molecule has 5 nitrogen and oxygen atoms in total. The largest absolute Gasteiger partial charge is 0.491 e. The van der Waals surface area contributed by atoms with Crippen LogP contribution in [0.5, 0.6) is 5.75 Å². The molecule has 0 saturated carbocycles. The lowest BCUT2D eigenvalue weighted by Crippen LogP contribution is -2.51. The highest BCUT2D eigenvalue weighted by Gasteiger charge is 2.43. The molecule has 31 heavy (non-hydrogen) atoms. The number of pyridine rings is 1. The van der Waals surface area contributed by atoms with Gasteiger partial charge in [-0.05, 0) is 48.0 Å². The number of hydrogen-bond donors (Lipinski definition) is 2. The Labute approximate surface area is 175 Å². The Balaban J connectivity index is 1.73. The minimum absolute atomic E-state index is 0.208.